The highest BCUT2D eigenvalue weighted by molar-refractivity contribution is 5.73. The average Bonchev–Trinajstić information content (AvgIpc) is 2.90. The quantitative estimate of drug-likeness (QED) is 0.426. The molecule has 0 aromatic carbocycles. The van der Waals surface area contributed by atoms with Gasteiger partial charge in [-0.3, -0.25) is 4.79 Å². The highest BCUT2D eigenvalue weighted by Crippen LogP contribution is 2.19. The van der Waals surface area contributed by atoms with E-state index < -0.39 is 5.97 Å². The Balaban J connectivity index is 1.86. The van der Waals surface area contributed by atoms with Crippen molar-refractivity contribution in [2.45, 2.75) is 57.8 Å². The Bertz CT molecular complexity index is 340. The van der Waals surface area contributed by atoms with Crippen LogP contribution in [-0.4, -0.2) is 30.2 Å². The van der Waals surface area contributed by atoms with Gasteiger partial charge < -0.3 is 15.7 Å². The van der Waals surface area contributed by atoms with Crippen LogP contribution < -0.4 is 10.6 Å². The second kappa shape index (κ2) is 10.3. The summed E-state index contributed by atoms with van der Waals surface area (Å²) in [7, 11) is 0. The lowest BCUT2D eigenvalue weighted by Gasteiger charge is -2.08. The number of carbonyl (C=O) groups excluding carboxylic acids is 1. The molecule has 0 atom stereocenters. The number of rotatable bonds is 10. The van der Waals surface area contributed by atoms with E-state index in [4.69, 9.17) is 5.11 Å². The van der Waals surface area contributed by atoms with Gasteiger partial charge in [-0.2, -0.15) is 0 Å². The predicted molar refractivity (Wildman–Crippen MR) is 78.7 cm³/mol. The maximum Gasteiger partial charge on any atom is 0.314 e. The van der Waals surface area contributed by atoms with Crippen molar-refractivity contribution in [1.29, 1.82) is 0 Å². The van der Waals surface area contributed by atoms with E-state index in [9.17, 15) is 9.59 Å². The summed E-state index contributed by atoms with van der Waals surface area (Å²) in [5, 5.41) is 14.2. The molecule has 2 amide bonds. The second-order valence-electron chi connectivity index (χ2n) is 5.25. The fourth-order valence-electron chi connectivity index (χ4n) is 2.32. The molecule has 20 heavy (non-hydrogen) atoms. The highest BCUT2D eigenvalue weighted by Gasteiger charge is 2.05. The van der Waals surface area contributed by atoms with E-state index in [0.29, 0.717) is 13.1 Å². The summed E-state index contributed by atoms with van der Waals surface area (Å²) < 4.78 is 0. The van der Waals surface area contributed by atoms with Crippen LogP contribution in [0.5, 0.6) is 0 Å². The highest BCUT2D eigenvalue weighted by atomic mass is 16.4. The Morgan fingerprint density at radius 3 is 2.55 bits per heavy atom. The molecule has 0 radical (unpaired) electrons. The summed E-state index contributed by atoms with van der Waals surface area (Å²) in [6.45, 7) is 1.36. The smallest absolute Gasteiger partial charge is 0.314 e. The summed E-state index contributed by atoms with van der Waals surface area (Å²) in [6, 6.07) is -0.103. The van der Waals surface area contributed by atoms with E-state index in [1.54, 1.807) is 0 Å². The lowest BCUT2D eigenvalue weighted by Crippen LogP contribution is -2.36. The molecular formula is C15H26N2O3. The van der Waals surface area contributed by atoms with Crippen LogP contribution in [0.1, 0.15) is 57.8 Å². The average molecular weight is 282 g/mol. The van der Waals surface area contributed by atoms with E-state index in [1.165, 1.54) is 24.8 Å². The minimum atomic E-state index is -0.736. The zero-order valence-corrected chi connectivity index (χ0v) is 12.1. The van der Waals surface area contributed by atoms with Crippen molar-refractivity contribution in [2.24, 2.45) is 0 Å². The van der Waals surface area contributed by atoms with E-state index >= 15 is 0 Å². The minimum absolute atomic E-state index is 0.103. The topological polar surface area (TPSA) is 78.4 Å². The van der Waals surface area contributed by atoms with Crippen LogP contribution in [0.15, 0.2) is 11.6 Å². The SMILES string of the molecule is O=C(O)CCCCCCNC(=O)NCCC1=CCCC1. The molecule has 114 valence electrons. The van der Waals surface area contributed by atoms with Crippen LogP contribution in [0.4, 0.5) is 4.79 Å². The van der Waals surface area contributed by atoms with E-state index in [-0.39, 0.29) is 12.5 Å². The van der Waals surface area contributed by atoms with Gasteiger partial charge in [0.25, 0.3) is 0 Å². The number of hydrogen-bond acceptors (Lipinski definition) is 2. The Morgan fingerprint density at radius 1 is 1.10 bits per heavy atom. The van der Waals surface area contributed by atoms with Gasteiger partial charge in [0.1, 0.15) is 0 Å². The van der Waals surface area contributed by atoms with Crippen molar-refractivity contribution < 1.29 is 14.7 Å². The summed E-state index contributed by atoms with van der Waals surface area (Å²) in [6.07, 6.45) is 10.6. The molecule has 1 aliphatic carbocycles. The van der Waals surface area contributed by atoms with Gasteiger partial charge >= 0.3 is 12.0 Å². The Labute approximate surface area is 120 Å². The maximum absolute atomic E-state index is 11.5. The molecule has 1 aliphatic rings. The lowest BCUT2D eigenvalue weighted by molar-refractivity contribution is -0.137. The number of allylic oxidation sites excluding steroid dienone is 1. The standard InChI is InChI=1S/C15H26N2O3/c18-14(19)9-3-1-2-6-11-16-15(20)17-12-10-13-7-4-5-8-13/h7H,1-6,8-12H2,(H,18,19)(H2,16,17,20). The van der Waals surface area contributed by atoms with Gasteiger partial charge in [0.05, 0.1) is 0 Å². The number of unbranched alkanes of at least 4 members (excludes halogenated alkanes) is 3. The van der Waals surface area contributed by atoms with Crippen molar-refractivity contribution >= 4 is 12.0 Å². The Morgan fingerprint density at radius 2 is 1.85 bits per heavy atom. The molecule has 0 unspecified atom stereocenters. The number of amides is 2. The molecule has 0 aromatic heterocycles. The molecule has 0 heterocycles. The van der Waals surface area contributed by atoms with E-state index in [0.717, 1.165) is 32.1 Å². The van der Waals surface area contributed by atoms with Crippen molar-refractivity contribution in [3.63, 3.8) is 0 Å². The third-order valence-corrected chi connectivity index (χ3v) is 3.47. The molecule has 0 saturated heterocycles. The summed E-state index contributed by atoms with van der Waals surface area (Å²) in [5.41, 5.74) is 1.46. The number of carboxylic acid groups (broad SMARTS) is 1. The summed E-state index contributed by atoms with van der Waals surface area (Å²) in [5.74, 6) is -0.736. The summed E-state index contributed by atoms with van der Waals surface area (Å²) >= 11 is 0. The van der Waals surface area contributed by atoms with Crippen molar-refractivity contribution in [3.05, 3.63) is 11.6 Å². The number of nitrogens with one attached hydrogen (secondary N) is 2. The second-order valence-corrected chi connectivity index (χ2v) is 5.25. The predicted octanol–water partition coefficient (Wildman–Crippen LogP) is 2.82. The van der Waals surface area contributed by atoms with Crippen LogP contribution in [0.3, 0.4) is 0 Å². The van der Waals surface area contributed by atoms with Gasteiger partial charge in [0.2, 0.25) is 0 Å². The van der Waals surface area contributed by atoms with Crippen molar-refractivity contribution in [1.82, 2.24) is 10.6 Å². The zero-order valence-electron chi connectivity index (χ0n) is 12.1. The Kier molecular flexibility index (Phi) is 8.51. The number of carbonyl (C=O) groups is 2. The first-order valence-corrected chi connectivity index (χ1v) is 7.60. The van der Waals surface area contributed by atoms with Gasteiger partial charge in [-0.05, 0) is 38.5 Å². The van der Waals surface area contributed by atoms with Gasteiger partial charge in [-0.15, -0.1) is 0 Å². The molecule has 0 spiro atoms. The molecule has 0 aliphatic heterocycles. The minimum Gasteiger partial charge on any atom is -0.481 e. The number of aliphatic carboxylic acids is 1. The third kappa shape index (κ3) is 8.56. The number of urea groups is 1. The number of hydrogen-bond donors (Lipinski definition) is 3. The Hall–Kier alpha value is -1.52. The van der Waals surface area contributed by atoms with E-state index in [1.807, 2.05) is 0 Å². The van der Waals surface area contributed by atoms with Gasteiger partial charge in [-0.25, -0.2) is 4.79 Å². The van der Waals surface area contributed by atoms with Gasteiger partial charge in [0, 0.05) is 19.5 Å². The lowest BCUT2D eigenvalue weighted by atomic mass is 10.1. The third-order valence-electron chi connectivity index (χ3n) is 3.47. The maximum atomic E-state index is 11.5. The molecule has 3 N–H and O–H groups in total. The first-order valence-electron chi connectivity index (χ1n) is 7.60. The molecule has 0 fully saturated rings. The molecule has 0 bridgehead atoms. The van der Waals surface area contributed by atoms with Crippen molar-refractivity contribution in [3.8, 4) is 0 Å². The fourth-order valence-corrected chi connectivity index (χ4v) is 2.32. The van der Waals surface area contributed by atoms with E-state index in [2.05, 4.69) is 16.7 Å². The van der Waals surface area contributed by atoms with Crippen LogP contribution in [0.2, 0.25) is 0 Å². The molecule has 1 rings (SSSR count). The summed E-state index contributed by atoms with van der Waals surface area (Å²) in [4.78, 5) is 21.8. The van der Waals surface area contributed by atoms with Gasteiger partial charge in [0.15, 0.2) is 0 Å². The molecule has 0 aromatic rings. The first kappa shape index (κ1) is 16.5. The zero-order chi connectivity index (χ0) is 14.6. The first-order chi connectivity index (χ1) is 9.68. The molecule has 5 nitrogen and oxygen atoms in total. The number of carboxylic acids is 1. The van der Waals surface area contributed by atoms with Gasteiger partial charge in [-0.1, -0.05) is 24.5 Å². The molecule has 0 saturated carbocycles. The van der Waals surface area contributed by atoms with Crippen LogP contribution in [0, 0.1) is 0 Å². The van der Waals surface area contributed by atoms with Crippen LogP contribution in [0.25, 0.3) is 0 Å². The van der Waals surface area contributed by atoms with Crippen molar-refractivity contribution in [2.75, 3.05) is 13.1 Å². The van der Waals surface area contributed by atoms with Crippen LogP contribution in [-0.2, 0) is 4.79 Å². The normalized spacial score (nSPS) is 13.9. The fraction of sp³-hybridized carbons (Fsp3) is 0.733. The largest absolute Gasteiger partial charge is 0.481 e. The van der Waals surface area contributed by atoms with Crippen LogP contribution >= 0.6 is 0 Å². The molecular weight excluding hydrogens is 256 g/mol. The molecule has 5 heteroatoms. The monoisotopic (exact) mass is 282 g/mol.